The van der Waals surface area contributed by atoms with Crippen molar-refractivity contribution in [3.63, 3.8) is 0 Å². The minimum atomic E-state index is 0.654. The van der Waals surface area contributed by atoms with Gasteiger partial charge in [0.15, 0.2) is 0 Å². The second-order valence-electron chi connectivity index (χ2n) is 5.82. The molecule has 0 saturated carbocycles. The van der Waals surface area contributed by atoms with E-state index in [0.717, 1.165) is 38.2 Å². The van der Waals surface area contributed by atoms with Gasteiger partial charge in [0, 0.05) is 17.8 Å². The van der Waals surface area contributed by atoms with E-state index >= 15 is 0 Å². The third-order valence-electron chi connectivity index (χ3n) is 4.20. The van der Waals surface area contributed by atoms with Gasteiger partial charge in [0.05, 0.1) is 0 Å². The van der Waals surface area contributed by atoms with Crippen LogP contribution in [0.15, 0.2) is 6.33 Å². The molecular formula is C16H28N4. The molecule has 0 saturated heterocycles. The molecule has 0 aromatic carbocycles. The van der Waals surface area contributed by atoms with Gasteiger partial charge < -0.3 is 11.1 Å². The van der Waals surface area contributed by atoms with Crippen molar-refractivity contribution in [2.45, 2.75) is 58.3 Å². The molecule has 2 rings (SSSR count). The lowest BCUT2D eigenvalue weighted by atomic mass is 9.99. The van der Waals surface area contributed by atoms with Crippen LogP contribution < -0.4 is 11.1 Å². The molecule has 0 fully saturated rings. The van der Waals surface area contributed by atoms with Crippen LogP contribution in [-0.2, 0) is 12.8 Å². The molecule has 1 aromatic rings. The number of nitrogens with zero attached hydrogens (tertiary/aromatic N) is 2. The molecule has 0 radical (unpaired) electrons. The Bertz CT molecular complexity index is 399. The number of aromatic nitrogens is 2. The molecule has 1 unspecified atom stereocenters. The van der Waals surface area contributed by atoms with Gasteiger partial charge in [-0.1, -0.05) is 19.8 Å². The van der Waals surface area contributed by atoms with Crippen LogP contribution in [0.2, 0.25) is 0 Å². The number of aryl methyl sites for hydroxylation is 1. The molecule has 1 aliphatic carbocycles. The normalized spacial score (nSPS) is 16.3. The van der Waals surface area contributed by atoms with E-state index in [0.29, 0.717) is 5.92 Å². The Balaban J connectivity index is 2.01. The van der Waals surface area contributed by atoms with Gasteiger partial charge >= 0.3 is 0 Å². The fraction of sp³-hybridized carbons (Fsp3) is 0.750. The number of rotatable bonds is 7. The van der Waals surface area contributed by atoms with Crippen LogP contribution in [0.1, 0.15) is 56.7 Å². The predicted molar refractivity (Wildman–Crippen MR) is 83.9 cm³/mol. The quantitative estimate of drug-likeness (QED) is 0.752. The lowest BCUT2D eigenvalue weighted by Crippen LogP contribution is -2.19. The summed E-state index contributed by atoms with van der Waals surface area (Å²) in [7, 11) is 0. The van der Waals surface area contributed by atoms with Crippen molar-refractivity contribution in [3.05, 3.63) is 17.6 Å². The molecule has 1 aliphatic rings. The molecule has 0 aliphatic heterocycles. The van der Waals surface area contributed by atoms with Crippen LogP contribution in [0.5, 0.6) is 0 Å². The van der Waals surface area contributed by atoms with Gasteiger partial charge in [-0.15, -0.1) is 0 Å². The van der Waals surface area contributed by atoms with E-state index in [4.69, 9.17) is 5.73 Å². The lowest BCUT2D eigenvalue weighted by Gasteiger charge is -2.18. The Morgan fingerprint density at radius 1 is 1.20 bits per heavy atom. The Morgan fingerprint density at radius 2 is 2.05 bits per heavy atom. The first-order valence-corrected chi connectivity index (χ1v) is 8.11. The minimum Gasteiger partial charge on any atom is -0.369 e. The predicted octanol–water partition coefficient (Wildman–Crippen LogP) is 2.92. The fourth-order valence-electron chi connectivity index (χ4n) is 3.08. The van der Waals surface area contributed by atoms with Gasteiger partial charge in [0.2, 0.25) is 0 Å². The molecule has 4 nitrogen and oxygen atoms in total. The maximum Gasteiger partial charge on any atom is 0.132 e. The molecule has 0 bridgehead atoms. The zero-order valence-electron chi connectivity index (χ0n) is 12.7. The number of hydrogen-bond donors (Lipinski definition) is 2. The third kappa shape index (κ3) is 4.17. The molecule has 20 heavy (non-hydrogen) atoms. The number of fused-ring (bicyclic) bond motifs is 1. The van der Waals surface area contributed by atoms with Crippen LogP contribution in [0.25, 0.3) is 0 Å². The molecule has 112 valence electrons. The van der Waals surface area contributed by atoms with Crippen LogP contribution in [0, 0.1) is 5.92 Å². The standard InChI is InChI=1S/C16H28N4/c1-2-6-13(9-10-17)11-18-16-14-7-4-3-5-8-15(14)19-12-20-16/h12-13H,2-11,17H2,1H3,(H,18,19,20). The summed E-state index contributed by atoms with van der Waals surface area (Å²) >= 11 is 0. The number of nitrogens with one attached hydrogen (secondary N) is 1. The Hall–Kier alpha value is -1.16. The van der Waals surface area contributed by atoms with E-state index < -0.39 is 0 Å². The van der Waals surface area contributed by atoms with Crippen LogP contribution in [-0.4, -0.2) is 23.1 Å². The second kappa shape index (κ2) is 8.20. The van der Waals surface area contributed by atoms with Crippen molar-refractivity contribution in [1.82, 2.24) is 9.97 Å². The smallest absolute Gasteiger partial charge is 0.132 e. The highest BCUT2D eigenvalue weighted by atomic mass is 15.0. The van der Waals surface area contributed by atoms with Crippen molar-refractivity contribution in [3.8, 4) is 0 Å². The monoisotopic (exact) mass is 276 g/mol. The van der Waals surface area contributed by atoms with Crippen molar-refractivity contribution < 1.29 is 0 Å². The van der Waals surface area contributed by atoms with E-state index in [1.165, 1.54) is 43.4 Å². The van der Waals surface area contributed by atoms with Crippen LogP contribution in [0.4, 0.5) is 5.82 Å². The van der Waals surface area contributed by atoms with Gasteiger partial charge in [-0.05, 0) is 51.0 Å². The Kier molecular flexibility index (Phi) is 6.25. The maximum atomic E-state index is 5.71. The summed E-state index contributed by atoms with van der Waals surface area (Å²) in [6.07, 6.45) is 11.3. The van der Waals surface area contributed by atoms with E-state index in [2.05, 4.69) is 22.2 Å². The number of anilines is 1. The average molecular weight is 276 g/mol. The first-order valence-electron chi connectivity index (χ1n) is 8.11. The molecule has 0 amide bonds. The summed E-state index contributed by atoms with van der Waals surface area (Å²) in [5, 5.41) is 3.56. The van der Waals surface area contributed by atoms with Gasteiger partial charge in [0.25, 0.3) is 0 Å². The van der Waals surface area contributed by atoms with Crippen molar-refractivity contribution in [2.75, 3.05) is 18.4 Å². The number of nitrogens with two attached hydrogens (primary N) is 1. The number of hydrogen-bond acceptors (Lipinski definition) is 4. The highest BCUT2D eigenvalue weighted by molar-refractivity contribution is 5.46. The summed E-state index contributed by atoms with van der Waals surface area (Å²) in [5.74, 6) is 1.72. The SMILES string of the molecule is CCCC(CCN)CNc1ncnc2c1CCCCC2. The molecule has 1 aromatic heterocycles. The van der Waals surface area contributed by atoms with Crippen LogP contribution >= 0.6 is 0 Å². The first-order chi connectivity index (χ1) is 9.85. The lowest BCUT2D eigenvalue weighted by molar-refractivity contribution is 0.472. The zero-order chi connectivity index (χ0) is 14.2. The molecule has 3 N–H and O–H groups in total. The van der Waals surface area contributed by atoms with E-state index in [1.54, 1.807) is 6.33 Å². The van der Waals surface area contributed by atoms with Crippen LogP contribution in [0.3, 0.4) is 0 Å². The largest absolute Gasteiger partial charge is 0.369 e. The molecule has 4 heteroatoms. The van der Waals surface area contributed by atoms with Gasteiger partial charge in [-0.3, -0.25) is 0 Å². The van der Waals surface area contributed by atoms with Crippen molar-refractivity contribution in [2.24, 2.45) is 11.7 Å². The Morgan fingerprint density at radius 3 is 2.85 bits per heavy atom. The van der Waals surface area contributed by atoms with Gasteiger partial charge in [-0.2, -0.15) is 0 Å². The minimum absolute atomic E-state index is 0.654. The summed E-state index contributed by atoms with van der Waals surface area (Å²) in [6, 6.07) is 0. The molecule has 1 atom stereocenters. The van der Waals surface area contributed by atoms with E-state index in [9.17, 15) is 0 Å². The third-order valence-corrected chi connectivity index (χ3v) is 4.20. The summed E-state index contributed by atoms with van der Waals surface area (Å²) in [6.45, 7) is 3.99. The summed E-state index contributed by atoms with van der Waals surface area (Å²) in [4.78, 5) is 8.94. The summed E-state index contributed by atoms with van der Waals surface area (Å²) < 4.78 is 0. The molecular weight excluding hydrogens is 248 g/mol. The zero-order valence-corrected chi connectivity index (χ0v) is 12.7. The topological polar surface area (TPSA) is 63.8 Å². The average Bonchev–Trinajstić information content (AvgIpc) is 2.71. The maximum absolute atomic E-state index is 5.71. The molecule has 0 spiro atoms. The highest BCUT2D eigenvalue weighted by Gasteiger charge is 2.15. The van der Waals surface area contributed by atoms with E-state index in [-0.39, 0.29) is 0 Å². The first kappa shape index (κ1) is 15.2. The van der Waals surface area contributed by atoms with Crippen molar-refractivity contribution >= 4 is 5.82 Å². The fourth-order valence-corrected chi connectivity index (χ4v) is 3.08. The van der Waals surface area contributed by atoms with E-state index in [1.807, 2.05) is 0 Å². The van der Waals surface area contributed by atoms with Crippen molar-refractivity contribution in [1.29, 1.82) is 0 Å². The summed E-state index contributed by atoms with van der Waals surface area (Å²) in [5.41, 5.74) is 8.32. The molecule has 1 heterocycles. The Labute approximate surface area is 122 Å². The second-order valence-corrected chi connectivity index (χ2v) is 5.82. The van der Waals surface area contributed by atoms with Gasteiger partial charge in [-0.25, -0.2) is 9.97 Å². The van der Waals surface area contributed by atoms with Gasteiger partial charge in [0.1, 0.15) is 12.1 Å². The highest BCUT2D eigenvalue weighted by Crippen LogP contribution is 2.24.